The Labute approximate surface area is 107 Å². The summed E-state index contributed by atoms with van der Waals surface area (Å²) >= 11 is 5.98. The molecule has 0 aromatic heterocycles. The summed E-state index contributed by atoms with van der Waals surface area (Å²) in [4.78, 5) is 12.2. The number of rotatable bonds is 3. The minimum absolute atomic E-state index is 0.367. The highest BCUT2D eigenvalue weighted by Crippen LogP contribution is 2.30. The van der Waals surface area contributed by atoms with E-state index >= 15 is 0 Å². The maximum Gasteiger partial charge on any atom is 0.257 e. The third kappa shape index (κ3) is 2.79. The summed E-state index contributed by atoms with van der Waals surface area (Å²) in [6, 6.07) is 7.16. The van der Waals surface area contributed by atoms with E-state index in [2.05, 4.69) is 0 Å². The van der Waals surface area contributed by atoms with Crippen LogP contribution in [0.5, 0.6) is 0 Å². The van der Waals surface area contributed by atoms with E-state index in [9.17, 15) is 10.0 Å². The molecule has 0 bridgehead atoms. The van der Waals surface area contributed by atoms with E-state index in [1.54, 1.807) is 32.9 Å². The molecular formula is C13H18ClNO2. The summed E-state index contributed by atoms with van der Waals surface area (Å²) in [5, 5.41) is 10.3. The minimum Gasteiger partial charge on any atom is -0.281 e. The number of carbonyl (C=O) groups excluding carboxylic acids is 1. The van der Waals surface area contributed by atoms with E-state index in [4.69, 9.17) is 11.6 Å². The third-order valence-electron chi connectivity index (χ3n) is 3.08. The van der Waals surface area contributed by atoms with Gasteiger partial charge in [-0.15, -0.1) is 11.6 Å². The van der Waals surface area contributed by atoms with Gasteiger partial charge in [0.05, 0.1) is 11.1 Å². The maximum absolute atomic E-state index is 12.2. The molecule has 1 unspecified atom stereocenters. The van der Waals surface area contributed by atoms with Gasteiger partial charge in [-0.25, -0.2) is 0 Å². The van der Waals surface area contributed by atoms with Crippen LogP contribution in [0.1, 0.15) is 26.3 Å². The summed E-state index contributed by atoms with van der Waals surface area (Å²) in [5.41, 5.74) is 0.503. The first-order valence-electron chi connectivity index (χ1n) is 5.51. The molecule has 4 heteroatoms. The van der Waals surface area contributed by atoms with Crippen LogP contribution in [-0.2, 0) is 4.79 Å². The number of alkyl halides is 1. The lowest BCUT2D eigenvalue weighted by atomic mass is 9.88. The van der Waals surface area contributed by atoms with Gasteiger partial charge in [-0.3, -0.25) is 10.0 Å². The largest absolute Gasteiger partial charge is 0.281 e. The Hall–Kier alpha value is -1.06. The van der Waals surface area contributed by atoms with Crippen molar-refractivity contribution in [3.05, 3.63) is 29.8 Å². The second-order valence-electron chi connectivity index (χ2n) is 4.74. The first kappa shape index (κ1) is 14.0. The Bertz CT molecular complexity index is 416. The first-order chi connectivity index (χ1) is 7.78. The van der Waals surface area contributed by atoms with Gasteiger partial charge in [-0.1, -0.05) is 18.2 Å². The second kappa shape index (κ2) is 5.07. The third-order valence-corrected chi connectivity index (χ3v) is 3.63. The van der Waals surface area contributed by atoms with E-state index in [-0.39, 0.29) is 5.38 Å². The topological polar surface area (TPSA) is 40.5 Å². The SMILES string of the molecule is Cc1ccccc1N(O)C(=O)C(C)(C)C(C)Cl. The molecule has 0 aliphatic rings. The molecule has 0 saturated heterocycles. The second-order valence-corrected chi connectivity index (χ2v) is 5.40. The van der Waals surface area contributed by atoms with Crippen molar-refractivity contribution in [3.8, 4) is 0 Å². The molecule has 0 saturated carbocycles. The molecule has 0 heterocycles. The number of benzene rings is 1. The fourth-order valence-electron chi connectivity index (χ4n) is 1.35. The molecule has 0 aliphatic heterocycles. The number of carbonyl (C=O) groups is 1. The van der Waals surface area contributed by atoms with Gasteiger partial charge in [-0.2, -0.15) is 5.06 Å². The summed E-state index contributed by atoms with van der Waals surface area (Å²) < 4.78 is 0. The first-order valence-corrected chi connectivity index (χ1v) is 5.95. The number of hydrogen-bond acceptors (Lipinski definition) is 2. The lowest BCUT2D eigenvalue weighted by Crippen LogP contribution is -2.43. The van der Waals surface area contributed by atoms with Gasteiger partial charge in [0.15, 0.2) is 0 Å². The van der Waals surface area contributed by atoms with Crippen molar-refractivity contribution in [2.24, 2.45) is 5.41 Å². The van der Waals surface area contributed by atoms with Crippen LogP contribution in [0.3, 0.4) is 0 Å². The van der Waals surface area contributed by atoms with Crippen LogP contribution in [0.4, 0.5) is 5.69 Å². The van der Waals surface area contributed by atoms with Crippen molar-refractivity contribution < 1.29 is 10.0 Å². The van der Waals surface area contributed by atoms with Crippen LogP contribution in [0.25, 0.3) is 0 Å². The highest BCUT2D eigenvalue weighted by atomic mass is 35.5. The minimum atomic E-state index is -0.821. The molecule has 1 rings (SSSR count). The molecule has 1 aromatic carbocycles. The number of amides is 1. The molecule has 0 radical (unpaired) electrons. The molecule has 3 nitrogen and oxygen atoms in total. The Balaban J connectivity index is 3.03. The molecular weight excluding hydrogens is 238 g/mol. The summed E-state index contributed by atoms with van der Waals surface area (Å²) in [5.74, 6) is -0.408. The predicted molar refractivity (Wildman–Crippen MR) is 69.5 cm³/mol. The average Bonchev–Trinajstić information content (AvgIpc) is 2.27. The average molecular weight is 256 g/mol. The van der Waals surface area contributed by atoms with Crippen molar-refractivity contribution in [2.45, 2.75) is 33.1 Å². The van der Waals surface area contributed by atoms with Crippen LogP contribution < -0.4 is 5.06 Å². The normalized spacial score (nSPS) is 13.3. The molecule has 1 amide bonds. The van der Waals surface area contributed by atoms with Crippen LogP contribution in [-0.4, -0.2) is 16.5 Å². The molecule has 1 atom stereocenters. The van der Waals surface area contributed by atoms with Gasteiger partial charge in [0.25, 0.3) is 5.91 Å². The Morgan fingerprint density at radius 3 is 2.41 bits per heavy atom. The van der Waals surface area contributed by atoms with Crippen molar-refractivity contribution >= 4 is 23.2 Å². The monoisotopic (exact) mass is 255 g/mol. The molecule has 94 valence electrons. The maximum atomic E-state index is 12.2. The standard InChI is InChI=1S/C13H18ClNO2/c1-9-7-5-6-8-11(9)15(17)12(16)13(3,4)10(2)14/h5-8,10,17H,1-4H3. The fraction of sp³-hybridized carbons (Fsp3) is 0.462. The summed E-state index contributed by atoms with van der Waals surface area (Å²) in [6.45, 7) is 7.01. The van der Waals surface area contributed by atoms with Gasteiger partial charge < -0.3 is 0 Å². The van der Waals surface area contributed by atoms with Crippen LogP contribution in [0.2, 0.25) is 0 Å². The van der Waals surface area contributed by atoms with Crippen molar-refractivity contribution in [1.29, 1.82) is 0 Å². The van der Waals surface area contributed by atoms with Crippen molar-refractivity contribution in [3.63, 3.8) is 0 Å². The van der Waals surface area contributed by atoms with Gasteiger partial charge in [0.2, 0.25) is 0 Å². The lowest BCUT2D eigenvalue weighted by molar-refractivity contribution is -0.131. The summed E-state index contributed by atoms with van der Waals surface area (Å²) in [6.07, 6.45) is 0. The number of para-hydroxylation sites is 1. The molecule has 0 spiro atoms. The van der Waals surface area contributed by atoms with Crippen molar-refractivity contribution in [2.75, 3.05) is 5.06 Å². The number of aryl methyl sites for hydroxylation is 1. The van der Waals surface area contributed by atoms with Gasteiger partial charge >= 0.3 is 0 Å². The number of anilines is 1. The molecule has 1 N–H and O–H groups in total. The highest BCUT2D eigenvalue weighted by molar-refractivity contribution is 6.23. The van der Waals surface area contributed by atoms with Crippen LogP contribution in [0, 0.1) is 12.3 Å². The quantitative estimate of drug-likeness (QED) is 0.511. The van der Waals surface area contributed by atoms with Crippen LogP contribution in [0.15, 0.2) is 24.3 Å². The molecule has 0 fully saturated rings. The smallest absolute Gasteiger partial charge is 0.257 e. The number of hydroxylamine groups is 1. The zero-order chi connectivity index (χ0) is 13.2. The van der Waals surface area contributed by atoms with E-state index in [1.807, 2.05) is 19.1 Å². The highest BCUT2D eigenvalue weighted by Gasteiger charge is 2.37. The zero-order valence-electron chi connectivity index (χ0n) is 10.6. The Kier molecular flexibility index (Phi) is 4.17. The number of halogens is 1. The Morgan fingerprint density at radius 1 is 1.41 bits per heavy atom. The number of nitrogens with zero attached hydrogens (tertiary/aromatic N) is 1. The molecule has 17 heavy (non-hydrogen) atoms. The van der Waals surface area contributed by atoms with Gasteiger partial charge in [-0.05, 0) is 39.3 Å². The van der Waals surface area contributed by atoms with E-state index < -0.39 is 11.3 Å². The van der Waals surface area contributed by atoms with Gasteiger partial charge in [0, 0.05) is 5.38 Å². The Morgan fingerprint density at radius 2 is 1.94 bits per heavy atom. The van der Waals surface area contributed by atoms with Crippen LogP contribution >= 0.6 is 11.6 Å². The fourth-order valence-corrected chi connectivity index (χ4v) is 1.45. The zero-order valence-corrected chi connectivity index (χ0v) is 11.3. The van der Waals surface area contributed by atoms with Gasteiger partial charge in [0.1, 0.15) is 0 Å². The molecule has 1 aromatic rings. The van der Waals surface area contributed by atoms with E-state index in [1.165, 1.54) is 0 Å². The van der Waals surface area contributed by atoms with E-state index in [0.29, 0.717) is 10.8 Å². The predicted octanol–water partition coefficient (Wildman–Crippen LogP) is 3.37. The molecule has 0 aliphatic carbocycles. The lowest BCUT2D eigenvalue weighted by Gasteiger charge is -2.30. The van der Waals surface area contributed by atoms with E-state index in [0.717, 1.165) is 5.56 Å². The summed E-state index contributed by atoms with van der Waals surface area (Å²) in [7, 11) is 0. The number of hydrogen-bond donors (Lipinski definition) is 1. The van der Waals surface area contributed by atoms with Crippen molar-refractivity contribution in [1.82, 2.24) is 0 Å².